The van der Waals surface area contributed by atoms with Gasteiger partial charge in [-0.05, 0) is 24.6 Å². The smallest absolute Gasteiger partial charge is 0.258 e. The molecule has 8 nitrogen and oxygen atoms in total. The number of aromatic nitrogens is 4. The topological polar surface area (TPSA) is 104 Å². The van der Waals surface area contributed by atoms with Crippen LogP contribution in [0.1, 0.15) is 17.7 Å². The number of likely N-dealkylation sites (N-methyl/N-ethyl adjacent to an activating group) is 1. The third-order valence-electron chi connectivity index (χ3n) is 5.36. The number of aryl methyl sites for hydroxylation is 1. The van der Waals surface area contributed by atoms with Crippen molar-refractivity contribution in [1.29, 1.82) is 0 Å². The largest absolute Gasteiger partial charge is 0.375 e. The van der Waals surface area contributed by atoms with Crippen LogP contribution < -0.4 is 5.32 Å². The van der Waals surface area contributed by atoms with Gasteiger partial charge in [0.2, 0.25) is 5.95 Å². The van der Waals surface area contributed by atoms with Crippen LogP contribution in [-0.4, -0.2) is 49.4 Å². The zero-order valence-corrected chi connectivity index (χ0v) is 19.1. The summed E-state index contributed by atoms with van der Waals surface area (Å²) in [6, 6.07) is 9.22. The second kappa shape index (κ2) is 8.05. The Balaban J connectivity index is 1.41. The Bertz CT molecular complexity index is 1300. The van der Waals surface area contributed by atoms with Crippen molar-refractivity contribution in [1.82, 2.24) is 24.8 Å². The Hall–Kier alpha value is -3.21. The number of aliphatic hydroxyl groups is 1. The molecule has 162 valence electrons. The fraction of sp³-hybridized carbons (Fsp3) is 0.227. The third kappa shape index (κ3) is 3.77. The van der Waals surface area contributed by atoms with E-state index in [4.69, 9.17) is 4.98 Å². The number of benzene rings is 1. The van der Waals surface area contributed by atoms with Gasteiger partial charge in [-0.25, -0.2) is 19.9 Å². The van der Waals surface area contributed by atoms with Gasteiger partial charge in [-0.3, -0.25) is 4.79 Å². The number of hydrogen-bond acceptors (Lipinski definition) is 9. The molecule has 1 aliphatic rings. The molecule has 0 bridgehead atoms. The summed E-state index contributed by atoms with van der Waals surface area (Å²) in [6.07, 6.45) is 2.06. The van der Waals surface area contributed by atoms with E-state index in [1.54, 1.807) is 24.2 Å². The average molecular weight is 465 g/mol. The van der Waals surface area contributed by atoms with E-state index in [0.29, 0.717) is 30.2 Å². The van der Waals surface area contributed by atoms with Crippen LogP contribution in [0.4, 0.5) is 11.1 Å². The van der Waals surface area contributed by atoms with Gasteiger partial charge >= 0.3 is 0 Å². The Labute approximate surface area is 192 Å². The lowest BCUT2D eigenvalue weighted by atomic mass is 9.91. The lowest BCUT2D eigenvalue weighted by molar-refractivity contribution is -0.143. The van der Waals surface area contributed by atoms with Gasteiger partial charge in [0.25, 0.3) is 5.91 Å². The van der Waals surface area contributed by atoms with Crippen LogP contribution in [0.5, 0.6) is 0 Å². The summed E-state index contributed by atoms with van der Waals surface area (Å²) in [4.78, 5) is 32.0. The van der Waals surface area contributed by atoms with Crippen LogP contribution in [0.25, 0.3) is 22.0 Å². The molecule has 5 rings (SSSR count). The molecule has 2 N–H and O–H groups in total. The maximum atomic E-state index is 12.5. The van der Waals surface area contributed by atoms with Crippen LogP contribution >= 0.6 is 22.7 Å². The van der Waals surface area contributed by atoms with E-state index in [1.807, 2.05) is 41.9 Å². The molecule has 3 aromatic heterocycles. The number of rotatable bonds is 5. The van der Waals surface area contributed by atoms with Crippen LogP contribution in [0.15, 0.2) is 47.3 Å². The molecule has 1 aromatic carbocycles. The van der Waals surface area contributed by atoms with Crippen molar-refractivity contribution in [2.24, 2.45) is 0 Å². The maximum absolute atomic E-state index is 12.5. The number of carbonyl (C=O) groups is 1. The lowest BCUT2D eigenvalue weighted by Gasteiger charge is -2.21. The fourth-order valence-electron chi connectivity index (χ4n) is 3.62. The zero-order chi connectivity index (χ0) is 22.3. The predicted octanol–water partition coefficient (Wildman–Crippen LogP) is 3.83. The van der Waals surface area contributed by atoms with Crippen LogP contribution in [0.2, 0.25) is 0 Å². The molecule has 1 fully saturated rings. The number of nitrogens with one attached hydrogen (secondary N) is 1. The summed E-state index contributed by atoms with van der Waals surface area (Å²) in [5.74, 6) is 0.186. The lowest BCUT2D eigenvalue weighted by Crippen LogP contribution is -2.36. The van der Waals surface area contributed by atoms with E-state index in [1.165, 1.54) is 22.7 Å². The minimum atomic E-state index is -1.48. The molecule has 1 amide bonds. The van der Waals surface area contributed by atoms with E-state index in [0.717, 1.165) is 27.1 Å². The molecule has 10 heteroatoms. The first-order valence-electron chi connectivity index (χ1n) is 9.99. The Morgan fingerprint density at radius 2 is 2.00 bits per heavy atom. The summed E-state index contributed by atoms with van der Waals surface area (Å²) in [5.41, 5.74) is 2.32. The summed E-state index contributed by atoms with van der Waals surface area (Å²) in [6.45, 7) is 2.47. The fourth-order valence-corrected chi connectivity index (χ4v) is 5.12. The standard InChI is InChI=1S/C22H20N6O2S2/c1-13-11-32-21(24-13)27-20-23-8-6-16(26-20)17-12-31-18(25-17)14-4-3-5-15(10-14)22(30)7-9-28(2)19(22)29/h3-6,8,10-12,30H,7,9H2,1-2H3,(H,23,24,26,27)/t22-/m1/s1. The summed E-state index contributed by atoms with van der Waals surface area (Å²) < 4.78 is 0. The molecule has 1 aliphatic heterocycles. The molecule has 1 saturated heterocycles. The monoisotopic (exact) mass is 464 g/mol. The molecule has 0 saturated carbocycles. The van der Waals surface area contributed by atoms with Crippen molar-refractivity contribution in [3.63, 3.8) is 0 Å². The van der Waals surface area contributed by atoms with Gasteiger partial charge in [-0.15, -0.1) is 22.7 Å². The molecular formula is C22H20N6O2S2. The molecule has 4 aromatic rings. The highest BCUT2D eigenvalue weighted by atomic mass is 32.1. The van der Waals surface area contributed by atoms with Gasteiger partial charge in [0.1, 0.15) is 10.7 Å². The number of likely N-dealkylation sites (tertiary alicyclic amines) is 1. The predicted molar refractivity (Wildman–Crippen MR) is 125 cm³/mol. The third-order valence-corrected chi connectivity index (χ3v) is 7.12. The molecular weight excluding hydrogens is 444 g/mol. The zero-order valence-electron chi connectivity index (χ0n) is 17.4. The minimum Gasteiger partial charge on any atom is -0.375 e. The first kappa shape index (κ1) is 20.7. The number of carbonyl (C=O) groups excluding carboxylic acids is 1. The van der Waals surface area contributed by atoms with E-state index < -0.39 is 5.60 Å². The van der Waals surface area contributed by atoms with E-state index in [2.05, 4.69) is 20.3 Å². The number of hydrogen-bond donors (Lipinski definition) is 2. The van der Waals surface area contributed by atoms with E-state index >= 15 is 0 Å². The summed E-state index contributed by atoms with van der Waals surface area (Å²) >= 11 is 2.98. The number of thiazole rings is 2. The summed E-state index contributed by atoms with van der Waals surface area (Å²) in [7, 11) is 1.71. The van der Waals surface area contributed by atoms with Crippen LogP contribution in [-0.2, 0) is 10.4 Å². The van der Waals surface area contributed by atoms with Crippen molar-refractivity contribution in [3.05, 3.63) is 58.5 Å². The van der Waals surface area contributed by atoms with Gasteiger partial charge in [-0.2, -0.15) is 0 Å². The van der Waals surface area contributed by atoms with Crippen LogP contribution in [0.3, 0.4) is 0 Å². The molecule has 0 unspecified atom stereocenters. The van der Waals surface area contributed by atoms with E-state index in [9.17, 15) is 9.90 Å². The first-order valence-corrected chi connectivity index (χ1v) is 11.8. The molecule has 0 radical (unpaired) electrons. The van der Waals surface area contributed by atoms with Gasteiger partial charge < -0.3 is 15.3 Å². The molecule has 0 spiro atoms. The van der Waals surface area contributed by atoms with Crippen molar-refractivity contribution in [2.75, 3.05) is 18.9 Å². The highest BCUT2D eigenvalue weighted by molar-refractivity contribution is 7.14. The molecule has 32 heavy (non-hydrogen) atoms. The van der Waals surface area contributed by atoms with Crippen molar-refractivity contribution in [2.45, 2.75) is 18.9 Å². The van der Waals surface area contributed by atoms with Crippen LogP contribution in [0, 0.1) is 6.92 Å². The van der Waals surface area contributed by atoms with Gasteiger partial charge in [0, 0.05) is 42.5 Å². The Morgan fingerprint density at radius 3 is 2.75 bits per heavy atom. The highest BCUT2D eigenvalue weighted by Crippen LogP contribution is 2.36. The SMILES string of the molecule is Cc1csc(Nc2nccc(-c3csc(-c4cccc([C@]5(O)CCN(C)C5=O)c4)n3)n2)n1. The maximum Gasteiger partial charge on any atom is 0.258 e. The second-order valence-corrected chi connectivity index (χ2v) is 9.36. The molecule has 0 aliphatic carbocycles. The minimum absolute atomic E-state index is 0.272. The van der Waals surface area contributed by atoms with Gasteiger partial charge in [0.15, 0.2) is 10.7 Å². The molecule has 4 heterocycles. The van der Waals surface area contributed by atoms with Crippen molar-refractivity contribution < 1.29 is 9.90 Å². The number of anilines is 2. The van der Waals surface area contributed by atoms with Gasteiger partial charge in [-0.1, -0.05) is 18.2 Å². The first-order chi connectivity index (χ1) is 15.4. The highest BCUT2D eigenvalue weighted by Gasteiger charge is 2.45. The second-order valence-electron chi connectivity index (χ2n) is 7.64. The van der Waals surface area contributed by atoms with E-state index in [-0.39, 0.29) is 5.91 Å². The van der Waals surface area contributed by atoms with Crippen molar-refractivity contribution in [3.8, 4) is 22.0 Å². The van der Waals surface area contributed by atoms with Gasteiger partial charge in [0.05, 0.1) is 11.4 Å². The molecule has 1 atom stereocenters. The van der Waals surface area contributed by atoms with Crippen molar-refractivity contribution >= 4 is 39.7 Å². The Kier molecular flexibility index (Phi) is 5.20. The Morgan fingerprint density at radius 1 is 1.12 bits per heavy atom. The number of nitrogens with zero attached hydrogens (tertiary/aromatic N) is 5. The number of amides is 1. The average Bonchev–Trinajstić information content (AvgIpc) is 3.52. The summed E-state index contributed by atoms with van der Waals surface area (Å²) in [5, 5.41) is 19.5. The quantitative estimate of drug-likeness (QED) is 0.463. The normalized spacial score (nSPS) is 18.3.